The van der Waals surface area contributed by atoms with E-state index in [0.717, 1.165) is 96.3 Å². The Balaban J connectivity index is 5.18. The quantitative estimate of drug-likeness (QED) is 0.0222. The number of carbonyl (C=O) groups excluding carboxylic acids is 4. The predicted molar refractivity (Wildman–Crippen MR) is 386 cm³/mol. The highest BCUT2D eigenvalue weighted by molar-refractivity contribution is 7.47. The highest BCUT2D eigenvalue weighted by Gasteiger charge is 2.30. The number of hydrogen-bond acceptors (Lipinski definition) is 15. The van der Waals surface area contributed by atoms with Gasteiger partial charge in [-0.2, -0.15) is 0 Å². The van der Waals surface area contributed by atoms with E-state index in [1.165, 1.54) is 205 Å². The number of phosphoric acid groups is 2. The zero-order valence-electron chi connectivity index (χ0n) is 62.0. The van der Waals surface area contributed by atoms with Crippen LogP contribution in [0.5, 0.6) is 0 Å². The van der Waals surface area contributed by atoms with Crippen LogP contribution >= 0.6 is 15.6 Å². The van der Waals surface area contributed by atoms with Crippen LogP contribution in [0.4, 0.5) is 0 Å². The van der Waals surface area contributed by atoms with Crippen LogP contribution in [-0.2, 0) is 65.4 Å². The van der Waals surface area contributed by atoms with E-state index in [4.69, 9.17) is 37.0 Å². The maximum absolute atomic E-state index is 13.1. The number of rotatable bonds is 75. The third-order valence-electron chi connectivity index (χ3n) is 17.7. The van der Waals surface area contributed by atoms with Crippen LogP contribution in [0, 0.1) is 11.8 Å². The molecule has 0 heterocycles. The van der Waals surface area contributed by atoms with Gasteiger partial charge < -0.3 is 33.8 Å². The van der Waals surface area contributed by atoms with Crippen molar-refractivity contribution in [3.8, 4) is 0 Å². The smallest absolute Gasteiger partial charge is 0.462 e. The molecule has 0 fully saturated rings. The molecule has 564 valence electrons. The topological polar surface area (TPSA) is 237 Å². The fourth-order valence-electron chi connectivity index (χ4n) is 11.7. The average Bonchev–Trinajstić information content (AvgIpc) is 2.06. The van der Waals surface area contributed by atoms with E-state index in [9.17, 15) is 43.2 Å². The summed E-state index contributed by atoms with van der Waals surface area (Å²) < 4.78 is 68.4. The molecule has 0 spiro atoms. The summed E-state index contributed by atoms with van der Waals surface area (Å²) in [4.78, 5) is 72.7. The Labute approximate surface area is 581 Å². The third kappa shape index (κ3) is 70.3. The van der Waals surface area contributed by atoms with Crippen molar-refractivity contribution >= 4 is 39.5 Å². The Bertz CT molecular complexity index is 1840. The first-order chi connectivity index (χ1) is 45.9. The van der Waals surface area contributed by atoms with Gasteiger partial charge in [0.25, 0.3) is 0 Å². The molecule has 0 aromatic rings. The van der Waals surface area contributed by atoms with Gasteiger partial charge in [-0.25, -0.2) is 9.13 Å². The van der Waals surface area contributed by atoms with Crippen molar-refractivity contribution in [2.75, 3.05) is 39.6 Å². The van der Waals surface area contributed by atoms with Crippen molar-refractivity contribution in [3.63, 3.8) is 0 Å². The first-order valence-electron chi connectivity index (χ1n) is 39.5. The first-order valence-corrected chi connectivity index (χ1v) is 42.5. The van der Waals surface area contributed by atoms with Crippen molar-refractivity contribution in [2.45, 2.75) is 413 Å². The van der Waals surface area contributed by atoms with E-state index in [-0.39, 0.29) is 25.7 Å². The van der Waals surface area contributed by atoms with Gasteiger partial charge in [0.05, 0.1) is 26.4 Å². The molecule has 0 rings (SSSR count). The van der Waals surface area contributed by atoms with Gasteiger partial charge in [0, 0.05) is 25.7 Å². The van der Waals surface area contributed by atoms with Crippen molar-refractivity contribution < 1.29 is 80.2 Å². The van der Waals surface area contributed by atoms with Crippen molar-refractivity contribution in [3.05, 3.63) is 0 Å². The fraction of sp³-hybridized carbons (Fsp3) is 0.947. The molecule has 17 nitrogen and oxygen atoms in total. The lowest BCUT2D eigenvalue weighted by Gasteiger charge is -2.21. The summed E-state index contributed by atoms with van der Waals surface area (Å²) in [7, 11) is -9.91. The summed E-state index contributed by atoms with van der Waals surface area (Å²) in [6.07, 6.45) is 56.0. The van der Waals surface area contributed by atoms with E-state index in [2.05, 4.69) is 41.5 Å². The number of carbonyl (C=O) groups is 4. The average molecular weight is 1400 g/mol. The van der Waals surface area contributed by atoms with Gasteiger partial charge in [-0.15, -0.1) is 0 Å². The molecule has 0 aliphatic rings. The van der Waals surface area contributed by atoms with Crippen molar-refractivity contribution in [2.24, 2.45) is 11.8 Å². The molecule has 0 saturated carbocycles. The van der Waals surface area contributed by atoms with E-state index in [0.29, 0.717) is 37.5 Å². The number of hydrogen-bond donors (Lipinski definition) is 3. The molecule has 0 bridgehead atoms. The molecule has 2 unspecified atom stereocenters. The Hall–Kier alpha value is -1.94. The second-order valence-electron chi connectivity index (χ2n) is 28.3. The molecule has 95 heavy (non-hydrogen) atoms. The lowest BCUT2D eigenvalue weighted by molar-refractivity contribution is -0.161. The van der Waals surface area contributed by atoms with Crippen LogP contribution in [0.1, 0.15) is 395 Å². The largest absolute Gasteiger partial charge is 0.472 e. The molecule has 3 N–H and O–H groups in total. The van der Waals surface area contributed by atoms with E-state index >= 15 is 0 Å². The van der Waals surface area contributed by atoms with Crippen LogP contribution in [0.15, 0.2) is 0 Å². The predicted octanol–water partition coefficient (Wildman–Crippen LogP) is 22.3. The Kier molecular flexibility index (Phi) is 66.5. The van der Waals surface area contributed by atoms with Crippen LogP contribution in [0.3, 0.4) is 0 Å². The number of esters is 4. The lowest BCUT2D eigenvalue weighted by Crippen LogP contribution is -2.30. The van der Waals surface area contributed by atoms with Gasteiger partial charge in [0.1, 0.15) is 19.3 Å². The van der Waals surface area contributed by atoms with E-state index < -0.39 is 97.5 Å². The van der Waals surface area contributed by atoms with Gasteiger partial charge in [-0.1, -0.05) is 343 Å². The van der Waals surface area contributed by atoms with Gasteiger partial charge in [-0.3, -0.25) is 37.3 Å². The van der Waals surface area contributed by atoms with Crippen LogP contribution in [-0.4, -0.2) is 96.7 Å². The minimum absolute atomic E-state index is 0.101. The third-order valence-corrected chi connectivity index (χ3v) is 19.6. The lowest BCUT2D eigenvalue weighted by atomic mass is 10.0. The summed E-state index contributed by atoms with van der Waals surface area (Å²) in [5.74, 6) is -0.775. The van der Waals surface area contributed by atoms with Crippen molar-refractivity contribution in [1.82, 2.24) is 0 Å². The Morgan fingerprint density at radius 1 is 0.284 bits per heavy atom. The molecular formula is C76H148O17P2. The molecule has 19 heteroatoms. The highest BCUT2D eigenvalue weighted by Crippen LogP contribution is 2.45. The second kappa shape index (κ2) is 67.9. The summed E-state index contributed by atoms with van der Waals surface area (Å²) >= 11 is 0. The molecule has 0 aliphatic heterocycles. The minimum Gasteiger partial charge on any atom is -0.462 e. The summed E-state index contributed by atoms with van der Waals surface area (Å²) in [6.45, 7) is 9.41. The van der Waals surface area contributed by atoms with Gasteiger partial charge in [0.15, 0.2) is 12.2 Å². The monoisotopic (exact) mass is 1400 g/mol. The van der Waals surface area contributed by atoms with Crippen LogP contribution in [0.25, 0.3) is 0 Å². The second-order valence-corrected chi connectivity index (χ2v) is 31.3. The summed E-state index contributed by atoms with van der Waals surface area (Å²) in [5, 5.41) is 10.6. The molecular weight excluding hydrogens is 1250 g/mol. The summed E-state index contributed by atoms with van der Waals surface area (Å²) in [6, 6.07) is 0. The normalized spacial score (nSPS) is 14.0. The zero-order chi connectivity index (χ0) is 70.0. The molecule has 5 atom stereocenters. The van der Waals surface area contributed by atoms with Crippen molar-refractivity contribution in [1.29, 1.82) is 0 Å². The first kappa shape index (κ1) is 93.1. The highest BCUT2D eigenvalue weighted by atomic mass is 31.2. The zero-order valence-corrected chi connectivity index (χ0v) is 63.8. The SMILES string of the molecule is CCCCCCCCCCCCCCCCCCCCCC(=O)O[C@H](COC(=O)CCCCCCCCCCCCCCCCCCCC)COP(=O)(O)OC[C@@H](O)COP(=O)(O)OC[C@@H](COC(=O)CCCCCCCCC(C)C)OC(=O)CCCCCCCCC(C)C. The molecule has 0 amide bonds. The van der Waals surface area contributed by atoms with Gasteiger partial charge >= 0.3 is 39.5 Å². The molecule has 0 radical (unpaired) electrons. The fourth-order valence-corrected chi connectivity index (χ4v) is 13.2. The number of aliphatic hydroxyl groups excluding tert-OH is 1. The number of ether oxygens (including phenoxy) is 4. The van der Waals surface area contributed by atoms with Crippen LogP contribution < -0.4 is 0 Å². The number of aliphatic hydroxyl groups is 1. The van der Waals surface area contributed by atoms with Gasteiger partial charge in [-0.05, 0) is 37.5 Å². The molecule has 0 aromatic heterocycles. The Morgan fingerprint density at radius 2 is 0.484 bits per heavy atom. The maximum atomic E-state index is 13.1. The molecule has 0 aliphatic carbocycles. The standard InChI is InChI=1S/C76H148O17P2/c1-7-9-11-13-15-17-19-21-23-25-27-29-31-33-35-37-39-48-54-60-75(80)92-71(64-86-73(78)58-52-46-38-36-34-32-30-28-26-24-22-20-18-16-14-12-10-8-2)66-90-94(82,83)88-62-70(77)63-89-95(84,85)91-67-72(93-76(81)61-55-49-43-41-45-51-57-69(5)6)65-87-74(79)59-53-47-42-40-44-50-56-68(3)4/h68-72,77H,7-67H2,1-6H3,(H,82,83)(H,84,85)/t70-,71-,72-/m1/s1. The molecule has 0 saturated heterocycles. The minimum atomic E-state index is -4.96. The maximum Gasteiger partial charge on any atom is 0.472 e. The Morgan fingerprint density at radius 3 is 0.716 bits per heavy atom. The summed E-state index contributed by atoms with van der Waals surface area (Å²) in [5.41, 5.74) is 0. The van der Waals surface area contributed by atoms with E-state index in [1.54, 1.807) is 0 Å². The van der Waals surface area contributed by atoms with Crippen LogP contribution in [0.2, 0.25) is 0 Å². The van der Waals surface area contributed by atoms with E-state index in [1.807, 2.05) is 0 Å². The number of unbranched alkanes of at least 4 members (excludes halogenated alkanes) is 45. The molecule has 0 aromatic carbocycles. The van der Waals surface area contributed by atoms with Gasteiger partial charge in [0.2, 0.25) is 0 Å². The number of phosphoric ester groups is 2.